The summed E-state index contributed by atoms with van der Waals surface area (Å²) in [5.41, 5.74) is 0.351. The van der Waals surface area contributed by atoms with Crippen molar-refractivity contribution in [3.8, 4) is 0 Å². The average molecular weight is 524 g/mol. The van der Waals surface area contributed by atoms with Crippen molar-refractivity contribution >= 4 is 40.3 Å². The van der Waals surface area contributed by atoms with Crippen LogP contribution < -0.4 is 21.3 Å². The minimum atomic E-state index is -1.03. The van der Waals surface area contributed by atoms with E-state index in [0.29, 0.717) is 16.5 Å². The van der Waals surface area contributed by atoms with Gasteiger partial charge in [-0.05, 0) is 43.2 Å². The van der Waals surface area contributed by atoms with Crippen molar-refractivity contribution in [3.05, 3.63) is 42.1 Å². The smallest absolute Gasteiger partial charge is 0.289 e. The number of hydrogen-bond donors (Lipinski definition) is 4. The van der Waals surface area contributed by atoms with Gasteiger partial charge in [-0.25, -0.2) is 0 Å². The van der Waals surface area contributed by atoms with Gasteiger partial charge in [0.25, 0.3) is 11.8 Å². The second-order valence-electron chi connectivity index (χ2n) is 11.2. The van der Waals surface area contributed by atoms with Crippen LogP contribution >= 0.6 is 0 Å². The van der Waals surface area contributed by atoms with Gasteiger partial charge in [0.1, 0.15) is 12.1 Å². The molecule has 1 aliphatic carbocycles. The topological polar surface area (TPSA) is 146 Å². The Balaban J connectivity index is 1.69. The molecule has 3 atom stereocenters. The fourth-order valence-electron chi connectivity index (χ4n) is 3.98. The molecule has 1 fully saturated rings. The molecule has 0 spiro atoms. The van der Waals surface area contributed by atoms with Gasteiger partial charge in [-0.3, -0.25) is 29.0 Å². The predicted octanol–water partition coefficient (Wildman–Crippen LogP) is 1.87. The standard InChI is InChI=1S/C28H37N5O5/c1-15(2)21(22(34)26(37)31-17-11-12-17)32-24(35)16(3)30-27(38)23(28(4,5)6)33-25(36)19-13-14-29-20-10-8-7-9-18(19)20/h7-10,13-17,21,23H,11-12H2,1-6H3,(H,30,38)(H,31,37)(H,32,35)(H,33,36). The molecule has 1 aliphatic rings. The highest BCUT2D eigenvalue weighted by Crippen LogP contribution is 2.22. The van der Waals surface area contributed by atoms with E-state index >= 15 is 0 Å². The number of carbonyl (C=O) groups is 5. The Kier molecular flexibility index (Phi) is 8.85. The van der Waals surface area contributed by atoms with Gasteiger partial charge in [0.2, 0.25) is 17.6 Å². The maximum absolute atomic E-state index is 13.3. The van der Waals surface area contributed by atoms with Crippen molar-refractivity contribution in [1.29, 1.82) is 0 Å². The Hall–Kier alpha value is -3.82. The van der Waals surface area contributed by atoms with Crippen LogP contribution in [0, 0.1) is 11.3 Å². The SMILES string of the molecule is CC(NC(=O)C(NC(=O)c1ccnc2ccccc12)C(C)(C)C)C(=O)NC(C(=O)C(=O)NC1CC1)C(C)C. The molecule has 0 aliphatic heterocycles. The van der Waals surface area contributed by atoms with Crippen LogP contribution in [0.2, 0.25) is 0 Å². The Morgan fingerprint density at radius 3 is 2.16 bits per heavy atom. The van der Waals surface area contributed by atoms with Crippen molar-refractivity contribution in [2.24, 2.45) is 11.3 Å². The molecule has 38 heavy (non-hydrogen) atoms. The highest BCUT2D eigenvalue weighted by Gasteiger charge is 2.37. The molecule has 0 saturated heterocycles. The van der Waals surface area contributed by atoms with Gasteiger partial charge in [0.05, 0.1) is 17.1 Å². The zero-order valence-electron chi connectivity index (χ0n) is 22.8. The summed E-state index contributed by atoms with van der Waals surface area (Å²) in [5, 5.41) is 11.4. The summed E-state index contributed by atoms with van der Waals surface area (Å²) in [7, 11) is 0. The van der Waals surface area contributed by atoms with Crippen LogP contribution in [0.3, 0.4) is 0 Å². The number of amides is 4. The first-order valence-corrected chi connectivity index (χ1v) is 12.9. The normalized spacial score (nSPS) is 15.8. The quantitative estimate of drug-likeness (QED) is 0.350. The van der Waals surface area contributed by atoms with Gasteiger partial charge in [-0.15, -0.1) is 0 Å². The zero-order valence-corrected chi connectivity index (χ0v) is 22.8. The fraction of sp³-hybridized carbons (Fsp3) is 0.500. The highest BCUT2D eigenvalue weighted by molar-refractivity contribution is 6.38. The third-order valence-corrected chi connectivity index (χ3v) is 6.43. The van der Waals surface area contributed by atoms with Crippen LogP contribution in [0.4, 0.5) is 0 Å². The summed E-state index contributed by atoms with van der Waals surface area (Å²) in [6, 6.07) is 5.80. The molecule has 2 aromatic rings. The molecule has 0 bridgehead atoms. The lowest BCUT2D eigenvalue weighted by Crippen LogP contribution is -2.59. The second kappa shape index (κ2) is 11.7. The molecule has 3 unspecified atom stereocenters. The van der Waals surface area contributed by atoms with E-state index in [2.05, 4.69) is 26.3 Å². The molecule has 4 N–H and O–H groups in total. The van der Waals surface area contributed by atoms with E-state index in [9.17, 15) is 24.0 Å². The number of para-hydroxylation sites is 1. The van der Waals surface area contributed by atoms with Crippen LogP contribution in [0.15, 0.2) is 36.5 Å². The number of Topliss-reactive ketones (excluding diaryl/α,β-unsaturated/α-hetero) is 1. The van der Waals surface area contributed by atoms with Crippen molar-refractivity contribution in [1.82, 2.24) is 26.3 Å². The lowest BCUT2D eigenvalue weighted by molar-refractivity contribution is -0.141. The number of benzene rings is 1. The van der Waals surface area contributed by atoms with Gasteiger partial charge < -0.3 is 21.3 Å². The lowest BCUT2D eigenvalue weighted by Gasteiger charge is -2.31. The van der Waals surface area contributed by atoms with Gasteiger partial charge in [-0.2, -0.15) is 0 Å². The second-order valence-corrected chi connectivity index (χ2v) is 11.2. The van der Waals surface area contributed by atoms with Gasteiger partial charge in [-0.1, -0.05) is 52.8 Å². The number of carbonyl (C=O) groups excluding carboxylic acids is 5. The van der Waals surface area contributed by atoms with Crippen molar-refractivity contribution < 1.29 is 24.0 Å². The van der Waals surface area contributed by atoms with E-state index in [1.165, 1.54) is 13.1 Å². The van der Waals surface area contributed by atoms with E-state index < -0.39 is 53.0 Å². The molecule has 0 radical (unpaired) electrons. The Morgan fingerprint density at radius 1 is 0.895 bits per heavy atom. The van der Waals surface area contributed by atoms with Gasteiger partial charge in [0, 0.05) is 17.6 Å². The maximum Gasteiger partial charge on any atom is 0.289 e. The molecule has 10 heteroatoms. The van der Waals surface area contributed by atoms with Gasteiger partial charge >= 0.3 is 0 Å². The first-order valence-electron chi connectivity index (χ1n) is 12.9. The van der Waals surface area contributed by atoms with Crippen LogP contribution in [0.1, 0.15) is 64.7 Å². The first kappa shape index (κ1) is 28.7. The highest BCUT2D eigenvalue weighted by atomic mass is 16.2. The van der Waals surface area contributed by atoms with E-state index in [0.717, 1.165) is 12.8 Å². The average Bonchev–Trinajstić information content (AvgIpc) is 3.67. The summed E-state index contributed by atoms with van der Waals surface area (Å²) >= 11 is 0. The molecular weight excluding hydrogens is 486 g/mol. The number of ketones is 1. The fourth-order valence-corrected chi connectivity index (χ4v) is 3.98. The number of aromatic nitrogens is 1. The number of pyridine rings is 1. The van der Waals surface area contributed by atoms with Crippen molar-refractivity contribution in [2.45, 2.75) is 78.6 Å². The van der Waals surface area contributed by atoms with E-state index in [4.69, 9.17) is 0 Å². The number of nitrogens with one attached hydrogen (secondary N) is 4. The Labute approximate surface area is 222 Å². The summed E-state index contributed by atoms with van der Waals surface area (Å²) in [4.78, 5) is 68.6. The zero-order chi connectivity index (χ0) is 28.2. The monoisotopic (exact) mass is 523 g/mol. The largest absolute Gasteiger partial charge is 0.347 e. The molecule has 204 valence electrons. The molecule has 3 rings (SSSR count). The minimum absolute atomic E-state index is 0.0165. The Bertz CT molecular complexity index is 1230. The van der Waals surface area contributed by atoms with E-state index in [1.54, 1.807) is 58.9 Å². The van der Waals surface area contributed by atoms with Crippen LogP contribution in [-0.4, -0.2) is 58.6 Å². The molecular formula is C28H37N5O5. The number of hydrogen-bond acceptors (Lipinski definition) is 6. The van der Waals surface area contributed by atoms with Gasteiger partial charge in [0.15, 0.2) is 0 Å². The lowest BCUT2D eigenvalue weighted by atomic mass is 9.85. The number of rotatable bonds is 10. The minimum Gasteiger partial charge on any atom is -0.347 e. The first-order chi connectivity index (χ1) is 17.8. The van der Waals surface area contributed by atoms with Crippen LogP contribution in [-0.2, 0) is 19.2 Å². The number of nitrogens with zero attached hydrogens (tertiary/aromatic N) is 1. The summed E-state index contributed by atoms with van der Waals surface area (Å²) in [6.45, 7) is 10.3. The molecule has 1 heterocycles. The third kappa shape index (κ3) is 7.14. The van der Waals surface area contributed by atoms with E-state index in [-0.39, 0.29) is 12.0 Å². The summed E-state index contributed by atoms with van der Waals surface area (Å²) in [6.07, 6.45) is 3.21. The predicted molar refractivity (Wildman–Crippen MR) is 143 cm³/mol. The van der Waals surface area contributed by atoms with E-state index in [1.807, 2.05) is 6.07 Å². The van der Waals surface area contributed by atoms with Crippen LogP contribution in [0.5, 0.6) is 0 Å². The molecule has 1 aromatic heterocycles. The molecule has 1 aromatic carbocycles. The Morgan fingerprint density at radius 2 is 1.55 bits per heavy atom. The molecule has 4 amide bonds. The number of fused-ring (bicyclic) bond motifs is 1. The van der Waals surface area contributed by atoms with Crippen molar-refractivity contribution in [2.75, 3.05) is 0 Å². The van der Waals surface area contributed by atoms with Crippen molar-refractivity contribution in [3.63, 3.8) is 0 Å². The molecule has 1 saturated carbocycles. The summed E-state index contributed by atoms with van der Waals surface area (Å²) < 4.78 is 0. The van der Waals surface area contributed by atoms with Crippen LogP contribution in [0.25, 0.3) is 10.9 Å². The maximum atomic E-state index is 13.3. The third-order valence-electron chi connectivity index (χ3n) is 6.43. The summed E-state index contributed by atoms with van der Waals surface area (Å²) in [5.74, 6) is -3.38. The molecule has 10 nitrogen and oxygen atoms in total.